The van der Waals surface area contributed by atoms with Gasteiger partial charge in [-0.2, -0.15) is 0 Å². The van der Waals surface area contributed by atoms with Crippen molar-refractivity contribution < 1.29 is 14.6 Å². The minimum atomic E-state index is -0.406. The number of hydrogen-bond donors (Lipinski definition) is 1. The molecular formula is C18H33NO3. The molecule has 128 valence electrons. The maximum absolute atomic E-state index is 12.1. The molecule has 1 saturated carbocycles. The first-order valence-corrected chi connectivity index (χ1v) is 8.92. The lowest BCUT2D eigenvalue weighted by Crippen LogP contribution is -2.46. The van der Waals surface area contributed by atoms with Crippen LogP contribution in [0.5, 0.6) is 0 Å². The Labute approximate surface area is 135 Å². The molecule has 1 heterocycles. The van der Waals surface area contributed by atoms with Gasteiger partial charge >= 0.3 is 6.09 Å². The number of rotatable bonds is 3. The molecule has 0 atom stereocenters. The molecule has 0 aromatic carbocycles. The summed E-state index contributed by atoms with van der Waals surface area (Å²) in [5.74, 6) is 0.807. The van der Waals surface area contributed by atoms with Crippen LogP contribution in [0.1, 0.15) is 72.1 Å². The Kier molecular flexibility index (Phi) is 5.76. The van der Waals surface area contributed by atoms with Crippen LogP contribution in [-0.4, -0.2) is 41.4 Å². The van der Waals surface area contributed by atoms with Gasteiger partial charge in [0.2, 0.25) is 0 Å². The molecule has 0 unspecified atom stereocenters. The van der Waals surface area contributed by atoms with Gasteiger partial charge in [0.15, 0.2) is 0 Å². The summed E-state index contributed by atoms with van der Waals surface area (Å²) < 4.78 is 5.48. The topological polar surface area (TPSA) is 49.8 Å². The monoisotopic (exact) mass is 311 g/mol. The Morgan fingerprint density at radius 1 is 1.18 bits per heavy atom. The van der Waals surface area contributed by atoms with Crippen molar-refractivity contribution in [3.05, 3.63) is 0 Å². The standard InChI is InChI=1S/C18H33NO3/c1-17(2,3)22-16(21)19-12-10-18(11-13-19)8-6-15(7-9-18)5-4-14-20/h15,20H,4-14H2,1-3H3. The summed E-state index contributed by atoms with van der Waals surface area (Å²) in [6.07, 6.45) is 9.41. The van der Waals surface area contributed by atoms with E-state index in [2.05, 4.69) is 0 Å². The number of aliphatic hydroxyl groups is 1. The lowest BCUT2D eigenvalue weighted by molar-refractivity contribution is 0.000994. The van der Waals surface area contributed by atoms with Crippen LogP contribution < -0.4 is 0 Å². The largest absolute Gasteiger partial charge is 0.444 e. The van der Waals surface area contributed by atoms with Crippen LogP contribution >= 0.6 is 0 Å². The van der Waals surface area contributed by atoms with E-state index in [0.717, 1.165) is 38.3 Å². The van der Waals surface area contributed by atoms with Crippen LogP contribution in [0.25, 0.3) is 0 Å². The summed E-state index contributed by atoms with van der Waals surface area (Å²) in [7, 11) is 0. The lowest BCUT2D eigenvalue weighted by atomic mass is 9.65. The Bertz CT molecular complexity index is 357. The molecule has 1 N–H and O–H groups in total. The zero-order valence-corrected chi connectivity index (χ0v) is 14.6. The molecule has 2 aliphatic rings. The number of hydrogen-bond acceptors (Lipinski definition) is 3. The summed E-state index contributed by atoms with van der Waals surface area (Å²) in [6, 6.07) is 0. The van der Waals surface area contributed by atoms with Gasteiger partial charge in [-0.15, -0.1) is 0 Å². The lowest BCUT2D eigenvalue weighted by Gasteiger charge is -2.46. The average Bonchev–Trinajstić information content (AvgIpc) is 2.46. The summed E-state index contributed by atoms with van der Waals surface area (Å²) in [6.45, 7) is 7.77. The van der Waals surface area contributed by atoms with Crippen molar-refractivity contribution in [2.45, 2.75) is 77.7 Å². The van der Waals surface area contributed by atoms with Gasteiger partial charge in [0, 0.05) is 19.7 Å². The average molecular weight is 311 g/mol. The van der Waals surface area contributed by atoms with Gasteiger partial charge in [-0.25, -0.2) is 4.79 Å². The van der Waals surface area contributed by atoms with Crippen molar-refractivity contribution in [2.75, 3.05) is 19.7 Å². The third kappa shape index (κ3) is 4.87. The van der Waals surface area contributed by atoms with E-state index in [1.54, 1.807) is 0 Å². The SMILES string of the molecule is CC(C)(C)OC(=O)N1CCC2(CCC(CCCO)CC2)CC1. The summed E-state index contributed by atoms with van der Waals surface area (Å²) >= 11 is 0. The van der Waals surface area contributed by atoms with Crippen LogP contribution in [0.15, 0.2) is 0 Å². The molecule has 2 rings (SSSR count). The van der Waals surface area contributed by atoms with Crippen LogP contribution in [0.2, 0.25) is 0 Å². The highest BCUT2D eigenvalue weighted by molar-refractivity contribution is 5.68. The molecule has 0 aromatic rings. The second kappa shape index (κ2) is 7.20. The quantitative estimate of drug-likeness (QED) is 0.858. The molecule has 4 heteroatoms. The van der Waals surface area contributed by atoms with E-state index in [-0.39, 0.29) is 6.09 Å². The first-order chi connectivity index (χ1) is 10.3. The zero-order chi connectivity index (χ0) is 16.2. The highest BCUT2D eigenvalue weighted by Gasteiger charge is 2.39. The highest BCUT2D eigenvalue weighted by atomic mass is 16.6. The number of amides is 1. The van der Waals surface area contributed by atoms with Gasteiger partial charge in [0.1, 0.15) is 5.60 Å². The van der Waals surface area contributed by atoms with Crippen molar-refractivity contribution in [1.82, 2.24) is 4.90 Å². The fourth-order valence-electron chi connectivity index (χ4n) is 3.95. The molecule has 1 aliphatic heterocycles. The number of aliphatic hydroxyl groups excluding tert-OH is 1. The number of nitrogens with zero attached hydrogens (tertiary/aromatic N) is 1. The van der Waals surface area contributed by atoms with Crippen LogP contribution in [0, 0.1) is 11.3 Å². The van der Waals surface area contributed by atoms with Crippen LogP contribution in [-0.2, 0) is 4.74 Å². The predicted molar refractivity (Wildman–Crippen MR) is 87.8 cm³/mol. The van der Waals surface area contributed by atoms with Crippen molar-refractivity contribution in [3.63, 3.8) is 0 Å². The maximum atomic E-state index is 12.1. The van der Waals surface area contributed by atoms with Crippen LogP contribution in [0.4, 0.5) is 4.79 Å². The van der Waals surface area contributed by atoms with E-state index in [1.165, 1.54) is 32.1 Å². The van der Waals surface area contributed by atoms with E-state index in [9.17, 15) is 4.79 Å². The number of ether oxygens (including phenoxy) is 1. The second-order valence-electron chi connectivity index (χ2n) is 8.28. The van der Waals surface area contributed by atoms with E-state index >= 15 is 0 Å². The van der Waals surface area contributed by atoms with E-state index in [1.807, 2.05) is 25.7 Å². The fraction of sp³-hybridized carbons (Fsp3) is 0.944. The normalized spacial score (nSPS) is 22.8. The van der Waals surface area contributed by atoms with Crippen molar-refractivity contribution in [1.29, 1.82) is 0 Å². The van der Waals surface area contributed by atoms with Crippen LogP contribution in [0.3, 0.4) is 0 Å². The number of carbonyl (C=O) groups excluding carboxylic acids is 1. The van der Waals surface area contributed by atoms with Crippen molar-refractivity contribution in [2.24, 2.45) is 11.3 Å². The maximum Gasteiger partial charge on any atom is 0.410 e. The number of piperidine rings is 1. The second-order valence-corrected chi connectivity index (χ2v) is 8.28. The van der Waals surface area contributed by atoms with Gasteiger partial charge in [-0.1, -0.05) is 0 Å². The Morgan fingerprint density at radius 3 is 2.27 bits per heavy atom. The molecule has 0 radical (unpaired) electrons. The van der Waals surface area contributed by atoms with E-state index < -0.39 is 5.60 Å². The summed E-state index contributed by atoms with van der Waals surface area (Å²) in [4.78, 5) is 14.0. The third-order valence-corrected chi connectivity index (χ3v) is 5.41. The minimum Gasteiger partial charge on any atom is -0.444 e. The van der Waals surface area contributed by atoms with E-state index in [0.29, 0.717) is 12.0 Å². The zero-order valence-electron chi connectivity index (χ0n) is 14.6. The highest BCUT2D eigenvalue weighted by Crippen LogP contribution is 2.47. The first-order valence-electron chi connectivity index (χ1n) is 8.92. The molecule has 1 spiro atoms. The van der Waals surface area contributed by atoms with Crippen molar-refractivity contribution >= 4 is 6.09 Å². The summed E-state index contributed by atoms with van der Waals surface area (Å²) in [5.41, 5.74) is 0.0607. The molecule has 2 fully saturated rings. The van der Waals surface area contributed by atoms with Crippen molar-refractivity contribution in [3.8, 4) is 0 Å². The number of likely N-dealkylation sites (tertiary alicyclic amines) is 1. The molecule has 1 saturated heterocycles. The smallest absolute Gasteiger partial charge is 0.410 e. The molecular weight excluding hydrogens is 278 g/mol. The predicted octanol–water partition coefficient (Wildman–Crippen LogP) is 3.97. The Balaban J connectivity index is 1.76. The molecule has 1 amide bonds. The molecule has 4 nitrogen and oxygen atoms in total. The van der Waals surface area contributed by atoms with E-state index in [4.69, 9.17) is 9.84 Å². The van der Waals surface area contributed by atoms with Gasteiger partial charge in [-0.05, 0) is 83.5 Å². The third-order valence-electron chi connectivity index (χ3n) is 5.41. The molecule has 22 heavy (non-hydrogen) atoms. The Morgan fingerprint density at radius 2 is 1.77 bits per heavy atom. The van der Waals surface area contributed by atoms with Gasteiger partial charge < -0.3 is 14.7 Å². The van der Waals surface area contributed by atoms with Gasteiger partial charge in [-0.3, -0.25) is 0 Å². The molecule has 0 aromatic heterocycles. The first kappa shape index (κ1) is 17.6. The number of carbonyl (C=O) groups is 1. The minimum absolute atomic E-state index is 0.154. The molecule has 0 bridgehead atoms. The summed E-state index contributed by atoms with van der Waals surface area (Å²) in [5, 5.41) is 8.95. The fourth-order valence-corrected chi connectivity index (χ4v) is 3.95. The van der Waals surface area contributed by atoms with Gasteiger partial charge in [0.05, 0.1) is 0 Å². The molecule has 1 aliphatic carbocycles. The Hall–Kier alpha value is -0.770. The van der Waals surface area contributed by atoms with Gasteiger partial charge in [0.25, 0.3) is 0 Å².